The molecule has 2 nitrogen and oxygen atoms in total. The summed E-state index contributed by atoms with van der Waals surface area (Å²) in [6.07, 6.45) is 3.02. The molecule has 0 radical (unpaired) electrons. The van der Waals surface area contributed by atoms with E-state index in [1.165, 1.54) is 0 Å². The summed E-state index contributed by atoms with van der Waals surface area (Å²) >= 11 is 0. The van der Waals surface area contributed by atoms with Crippen molar-refractivity contribution in [3.8, 4) is 17.6 Å². The normalized spacial score (nSPS) is 13.4. The summed E-state index contributed by atoms with van der Waals surface area (Å²) in [6.45, 7) is 3.84. The van der Waals surface area contributed by atoms with E-state index in [0.29, 0.717) is 0 Å². The molecule has 1 aromatic carbocycles. The van der Waals surface area contributed by atoms with Crippen molar-refractivity contribution in [1.82, 2.24) is 0 Å². The van der Waals surface area contributed by atoms with Crippen molar-refractivity contribution in [3.05, 3.63) is 29.8 Å². The highest BCUT2D eigenvalue weighted by Crippen LogP contribution is 2.23. The molecule has 0 unspecified atom stereocenters. The lowest BCUT2D eigenvalue weighted by atomic mass is 9.96. The van der Waals surface area contributed by atoms with Crippen LogP contribution in [0.4, 0.5) is 0 Å². The number of unbranched alkanes of at least 4 members (excludes halogenated alkanes) is 2. The van der Waals surface area contributed by atoms with Crippen LogP contribution in [0, 0.1) is 11.8 Å². The molecule has 0 spiro atoms. The molecule has 1 atom stereocenters. The molecule has 1 N–H and O–H groups in total. The second kappa shape index (κ2) is 6.32. The number of benzene rings is 1. The quantitative estimate of drug-likeness (QED) is 0.638. The molecule has 0 aliphatic rings. The topological polar surface area (TPSA) is 29.5 Å². The molecular formula is C15H20O2. The Morgan fingerprint density at radius 1 is 1.41 bits per heavy atom. The standard InChI is InChI=1S/C15H20O2/c1-4-5-6-7-11-15(2,16)13-9-8-10-14(12-13)17-3/h8-10,12,16H,4-6H2,1-3H3/t15-/m1/s1. The molecule has 0 saturated heterocycles. The van der Waals surface area contributed by atoms with Gasteiger partial charge in [-0.2, -0.15) is 0 Å². The van der Waals surface area contributed by atoms with Crippen molar-refractivity contribution in [1.29, 1.82) is 0 Å². The number of methoxy groups -OCH3 is 1. The molecule has 0 aromatic heterocycles. The maximum Gasteiger partial charge on any atom is 0.148 e. The molecule has 1 aromatic rings. The highest BCUT2D eigenvalue weighted by molar-refractivity contribution is 5.36. The van der Waals surface area contributed by atoms with Crippen LogP contribution in [0.3, 0.4) is 0 Å². The number of rotatable bonds is 4. The molecule has 2 heteroatoms. The van der Waals surface area contributed by atoms with Crippen molar-refractivity contribution in [2.75, 3.05) is 7.11 Å². The Bertz CT molecular complexity index is 410. The number of hydrogen-bond donors (Lipinski definition) is 1. The van der Waals surface area contributed by atoms with Crippen molar-refractivity contribution < 1.29 is 9.84 Å². The van der Waals surface area contributed by atoms with E-state index in [0.717, 1.165) is 30.6 Å². The summed E-state index contributed by atoms with van der Waals surface area (Å²) in [5, 5.41) is 10.3. The third kappa shape index (κ3) is 4.13. The molecule has 0 heterocycles. The summed E-state index contributed by atoms with van der Waals surface area (Å²) in [5.41, 5.74) is -0.344. The predicted molar refractivity (Wildman–Crippen MR) is 69.9 cm³/mol. The van der Waals surface area contributed by atoms with Crippen LogP contribution in [0.15, 0.2) is 24.3 Å². The van der Waals surface area contributed by atoms with Gasteiger partial charge in [0.05, 0.1) is 7.11 Å². The van der Waals surface area contributed by atoms with Gasteiger partial charge in [-0.15, -0.1) is 0 Å². The van der Waals surface area contributed by atoms with Gasteiger partial charge in [0.1, 0.15) is 11.4 Å². The number of ether oxygens (including phenoxy) is 1. The van der Waals surface area contributed by atoms with Gasteiger partial charge in [0.25, 0.3) is 0 Å². The molecule has 17 heavy (non-hydrogen) atoms. The fraction of sp³-hybridized carbons (Fsp3) is 0.467. The third-order valence-corrected chi connectivity index (χ3v) is 2.62. The molecule has 0 saturated carbocycles. The first-order chi connectivity index (χ1) is 8.10. The molecule has 1 rings (SSSR count). The van der Waals surface area contributed by atoms with Gasteiger partial charge in [0, 0.05) is 6.42 Å². The SMILES string of the molecule is CCCCC#C[C@@](C)(O)c1cccc(OC)c1. The Morgan fingerprint density at radius 2 is 2.18 bits per heavy atom. The van der Waals surface area contributed by atoms with Crippen molar-refractivity contribution >= 4 is 0 Å². The molecule has 0 bridgehead atoms. The van der Waals surface area contributed by atoms with E-state index in [2.05, 4.69) is 18.8 Å². The van der Waals surface area contributed by atoms with E-state index in [9.17, 15) is 5.11 Å². The first-order valence-corrected chi connectivity index (χ1v) is 5.97. The summed E-state index contributed by atoms with van der Waals surface area (Å²) in [4.78, 5) is 0. The van der Waals surface area contributed by atoms with Gasteiger partial charge in [-0.25, -0.2) is 0 Å². The van der Waals surface area contributed by atoms with Crippen LogP contribution in [0.25, 0.3) is 0 Å². The van der Waals surface area contributed by atoms with Gasteiger partial charge in [-0.1, -0.05) is 37.3 Å². The van der Waals surface area contributed by atoms with Gasteiger partial charge < -0.3 is 9.84 Å². The second-order valence-electron chi connectivity index (χ2n) is 4.21. The lowest BCUT2D eigenvalue weighted by Crippen LogP contribution is -2.18. The largest absolute Gasteiger partial charge is 0.497 e. The molecule has 0 aliphatic carbocycles. The van der Waals surface area contributed by atoms with Crippen molar-refractivity contribution in [3.63, 3.8) is 0 Å². The third-order valence-electron chi connectivity index (χ3n) is 2.62. The molecular weight excluding hydrogens is 212 g/mol. The van der Waals surface area contributed by atoms with Crippen LogP contribution < -0.4 is 4.74 Å². The predicted octanol–water partition coefficient (Wildman–Crippen LogP) is 3.10. The van der Waals surface area contributed by atoms with Crippen LogP contribution in [-0.2, 0) is 5.60 Å². The Morgan fingerprint density at radius 3 is 2.82 bits per heavy atom. The van der Waals surface area contributed by atoms with Gasteiger partial charge in [-0.3, -0.25) is 0 Å². The Kier molecular flexibility index (Phi) is 5.06. The van der Waals surface area contributed by atoms with E-state index in [1.54, 1.807) is 14.0 Å². The summed E-state index contributed by atoms with van der Waals surface area (Å²) in [5.74, 6) is 6.67. The van der Waals surface area contributed by atoms with Crippen molar-refractivity contribution in [2.24, 2.45) is 0 Å². The van der Waals surface area contributed by atoms with Crippen LogP contribution in [0.5, 0.6) is 5.75 Å². The summed E-state index contributed by atoms with van der Waals surface area (Å²) in [6, 6.07) is 7.38. The van der Waals surface area contributed by atoms with Crippen LogP contribution in [0.1, 0.15) is 38.7 Å². The minimum Gasteiger partial charge on any atom is -0.497 e. The minimum atomic E-state index is -1.11. The van der Waals surface area contributed by atoms with Gasteiger partial charge in [-0.05, 0) is 31.0 Å². The maximum absolute atomic E-state index is 10.3. The van der Waals surface area contributed by atoms with Gasteiger partial charge in [0.2, 0.25) is 0 Å². The summed E-state index contributed by atoms with van der Waals surface area (Å²) in [7, 11) is 1.61. The zero-order valence-electron chi connectivity index (χ0n) is 10.8. The highest BCUT2D eigenvalue weighted by Gasteiger charge is 2.20. The monoisotopic (exact) mass is 232 g/mol. The molecule has 0 amide bonds. The van der Waals surface area contributed by atoms with Crippen LogP contribution >= 0.6 is 0 Å². The van der Waals surface area contributed by atoms with Gasteiger partial charge >= 0.3 is 0 Å². The van der Waals surface area contributed by atoms with E-state index < -0.39 is 5.60 Å². The molecule has 0 aliphatic heterocycles. The summed E-state index contributed by atoms with van der Waals surface area (Å²) < 4.78 is 5.13. The lowest BCUT2D eigenvalue weighted by molar-refractivity contribution is 0.121. The van der Waals surface area contributed by atoms with Crippen molar-refractivity contribution in [2.45, 2.75) is 38.7 Å². The second-order valence-corrected chi connectivity index (χ2v) is 4.21. The fourth-order valence-electron chi connectivity index (χ4n) is 1.50. The zero-order chi connectivity index (χ0) is 12.7. The van der Waals surface area contributed by atoms with Crippen LogP contribution in [-0.4, -0.2) is 12.2 Å². The van der Waals surface area contributed by atoms with E-state index in [1.807, 2.05) is 24.3 Å². The van der Waals surface area contributed by atoms with E-state index >= 15 is 0 Å². The van der Waals surface area contributed by atoms with E-state index in [-0.39, 0.29) is 0 Å². The average Bonchev–Trinajstić information content (AvgIpc) is 2.35. The first-order valence-electron chi connectivity index (χ1n) is 5.97. The number of aliphatic hydroxyl groups is 1. The highest BCUT2D eigenvalue weighted by atomic mass is 16.5. The Labute approximate surface area is 104 Å². The lowest BCUT2D eigenvalue weighted by Gasteiger charge is -2.17. The number of hydrogen-bond acceptors (Lipinski definition) is 2. The average molecular weight is 232 g/mol. The van der Waals surface area contributed by atoms with Gasteiger partial charge in [0.15, 0.2) is 0 Å². The zero-order valence-corrected chi connectivity index (χ0v) is 10.8. The Balaban J connectivity index is 2.83. The molecule has 92 valence electrons. The van der Waals surface area contributed by atoms with Crippen LogP contribution in [0.2, 0.25) is 0 Å². The fourth-order valence-corrected chi connectivity index (χ4v) is 1.50. The van der Waals surface area contributed by atoms with E-state index in [4.69, 9.17) is 4.74 Å². The smallest absolute Gasteiger partial charge is 0.148 e. The molecule has 0 fully saturated rings. The maximum atomic E-state index is 10.3. The Hall–Kier alpha value is -1.46. The minimum absolute atomic E-state index is 0.734. The first kappa shape index (κ1) is 13.6.